The maximum absolute atomic E-state index is 12.6. The molecule has 146 valence electrons. The van der Waals surface area contributed by atoms with Crippen LogP contribution in [0.1, 0.15) is 44.1 Å². The Balaban J connectivity index is 1.47. The van der Waals surface area contributed by atoms with Gasteiger partial charge in [0.1, 0.15) is 11.3 Å². The second-order valence-electron chi connectivity index (χ2n) is 7.38. The molecule has 7 nitrogen and oxygen atoms in total. The van der Waals surface area contributed by atoms with Crippen LogP contribution >= 0.6 is 0 Å². The lowest BCUT2D eigenvalue weighted by molar-refractivity contribution is -0.133. The molecule has 0 bridgehead atoms. The summed E-state index contributed by atoms with van der Waals surface area (Å²) in [5, 5.41) is 2.86. The van der Waals surface area contributed by atoms with Crippen molar-refractivity contribution in [1.29, 1.82) is 0 Å². The average molecular weight is 373 g/mol. The van der Waals surface area contributed by atoms with E-state index in [1.807, 2.05) is 24.3 Å². The highest BCUT2D eigenvalue weighted by Gasteiger charge is 2.52. The molecule has 1 spiro atoms. The summed E-state index contributed by atoms with van der Waals surface area (Å²) in [6.45, 7) is 0.771. The number of benzene rings is 1. The molecule has 1 aliphatic heterocycles. The van der Waals surface area contributed by atoms with Gasteiger partial charge in [-0.25, -0.2) is 4.79 Å². The van der Waals surface area contributed by atoms with Gasteiger partial charge < -0.3 is 15.0 Å². The van der Waals surface area contributed by atoms with Crippen molar-refractivity contribution >= 4 is 17.8 Å². The maximum atomic E-state index is 12.6. The molecule has 0 unspecified atom stereocenters. The summed E-state index contributed by atoms with van der Waals surface area (Å²) < 4.78 is 5.20. The molecule has 27 heavy (non-hydrogen) atoms. The Hall–Kier alpha value is -2.57. The van der Waals surface area contributed by atoms with E-state index in [0.717, 1.165) is 37.0 Å². The molecule has 0 atom stereocenters. The predicted octanol–water partition coefficient (Wildman–Crippen LogP) is 2.30. The molecule has 4 amide bonds. The normalized spacial score (nSPS) is 18.1. The molecule has 0 radical (unpaired) electrons. The van der Waals surface area contributed by atoms with Crippen molar-refractivity contribution in [2.45, 2.75) is 50.6 Å². The van der Waals surface area contributed by atoms with Gasteiger partial charge in [0, 0.05) is 26.6 Å². The Bertz CT molecular complexity index is 728. The number of imide groups is 1. The lowest BCUT2D eigenvalue weighted by Crippen LogP contribution is -2.44. The summed E-state index contributed by atoms with van der Waals surface area (Å²) in [5.41, 5.74) is 0.312. The molecule has 1 aromatic rings. The summed E-state index contributed by atoms with van der Waals surface area (Å²) in [7, 11) is 3.36. The number of methoxy groups -OCH3 is 1. The molecule has 1 aliphatic carbocycles. The van der Waals surface area contributed by atoms with Gasteiger partial charge >= 0.3 is 6.03 Å². The Morgan fingerprint density at radius 3 is 2.74 bits per heavy atom. The van der Waals surface area contributed by atoms with E-state index in [4.69, 9.17) is 4.74 Å². The molecular formula is C20H27N3O4. The second kappa shape index (κ2) is 7.98. The standard InChI is InChI=1S/C20H27N3O4/c1-22(14-15-7-5-8-16(13-15)27-2)17(24)9-6-12-23-18(25)20(21-19(23)26)10-3-4-11-20/h5,7-8,13H,3-4,6,9-12,14H2,1-2H3,(H,21,26). The Morgan fingerprint density at radius 1 is 1.30 bits per heavy atom. The molecule has 1 aromatic carbocycles. The zero-order valence-electron chi connectivity index (χ0n) is 16.0. The Labute approximate surface area is 159 Å². The van der Waals surface area contributed by atoms with Gasteiger partial charge in [0.05, 0.1) is 7.11 Å². The number of nitrogens with zero attached hydrogens (tertiary/aromatic N) is 2. The Morgan fingerprint density at radius 2 is 2.04 bits per heavy atom. The lowest BCUT2D eigenvalue weighted by Gasteiger charge is -2.20. The van der Waals surface area contributed by atoms with Crippen LogP contribution in [0, 0.1) is 0 Å². The molecule has 1 N–H and O–H groups in total. The van der Waals surface area contributed by atoms with Crippen molar-refractivity contribution in [3.63, 3.8) is 0 Å². The van der Waals surface area contributed by atoms with Gasteiger partial charge in [-0.3, -0.25) is 14.5 Å². The third-order valence-electron chi connectivity index (χ3n) is 5.46. The van der Waals surface area contributed by atoms with Crippen LogP contribution < -0.4 is 10.1 Å². The third kappa shape index (κ3) is 4.07. The van der Waals surface area contributed by atoms with Gasteiger partial charge in [0.25, 0.3) is 5.91 Å². The second-order valence-corrected chi connectivity index (χ2v) is 7.38. The minimum atomic E-state index is -0.676. The quantitative estimate of drug-likeness (QED) is 0.744. The number of amides is 4. The molecule has 2 aliphatic rings. The number of nitrogens with one attached hydrogen (secondary N) is 1. The number of hydrogen-bond donors (Lipinski definition) is 1. The van der Waals surface area contributed by atoms with E-state index in [0.29, 0.717) is 19.4 Å². The number of rotatable bonds is 7. The van der Waals surface area contributed by atoms with E-state index in [1.54, 1.807) is 19.1 Å². The van der Waals surface area contributed by atoms with Crippen LogP contribution in [0.25, 0.3) is 0 Å². The highest BCUT2D eigenvalue weighted by atomic mass is 16.5. The van der Waals surface area contributed by atoms with Gasteiger partial charge in [0.15, 0.2) is 0 Å². The van der Waals surface area contributed by atoms with E-state index >= 15 is 0 Å². The first kappa shape index (κ1) is 19.2. The number of ether oxygens (including phenoxy) is 1. The SMILES string of the molecule is COc1cccc(CN(C)C(=O)CCCN2C(=O)NC3(CCCC3)C2=O)c1. The molecule has 3 rings (SSSR count). The summed E-state index contributed by atoms with van der Waals surface area (Å²) >= 11 is 0. The summed E-state index contributed by atoms with van der Waals surface area (Å²) in [4.78, 5) is 40.0. The van der Waals surface area contributed by atoms with Crippen LogP contribution in [-0.4, -0.2) is 53.9 Å². The van der Waals surface area contributed by atoms with Crippen LogP contribution in [0.5, 0.6) is 5.75 Å². The lowest BCUT2D eigenvalue weighted by atomic mass is 9.98. The number of carbonyl (C=O) groups excluding carboxylic acids is 3. The van der Waals surface area contributed by atoms with E-state index in [2.05, 4.69) is 5.32 Å². The highest BCUT2D eigenvalue weighted by Crippen LogP contribution is 2.35. The monoisotopic (exact) mass is 373 g/mol. The first-order valence-electron chi connectivity index (χ1n) is 9.46. The highest BCUT2D eigenvalue weighted by molar-refractivity contribution is 6.07. The predicted molar refractivity (Wildman–Crippen MR) is 100 cm³/mol. The first-order chi connectivity index (χ1) is 12.9. The summed E-state index contributed by atoms with van der Waals surface area (Å²) in [6, 6.07) is 7.28. The fourth-order valence-corrected chi connectivity index (χ4v) is 3.91. The minimum absolute atomic E-state index is 0.0135. The van der Waals surface area contributed by atoms with E-state index in [1.165, 1.54) is 4.90 Å². The maximum Gasteiger partial charge on any atom is 0.325 e. The van der Waals surface area contributed by atoms with Gasteiger partial charge in [-0.15, -0.1) is 0 Å². The largest absolute Gasteiger partial charge is 0.497 e. The van der Waals surface area contributed by atoms with Crippen molar-refractivity contribution in [3.05, 3.63) is 29.8 Å². The van der Waals surface area contributed by atoms with Crippen LogP contribution in [0.4, 0.5) is 4.79 Å². The minimum Gasteiger partial charge on any atom is -0.497 e. The fourth-order valence-electron chi connectivity index (χ4n) is 3.91. The molecule has 1 heterocycles. The van der Waals surface area contributed by atoms with Crippen molar-refractivity contribution < 1.29 is 19.1 Å². The van der Waals surface area contributed by atoms with E-state index in [9.17, 15) is 14.4 Å². The van der Waals surface area contributed by atoms with Gasteiger partial charge in [-0.05, 0) is 37.0 Å². The summed E-state index contributed by atoms with van der Waals surface area (Å²) in [5.74, 6) is 0.621. The van der Waals surface area contributed by atoms with Gasteiger partial charge in [-0.2, -0.15) is 0 Å². The van der Waals surface area contributed by atoms with Crippen molar-refractivity contribution in [2.75, 3.05) is 20.7 Å². The molecule has 1 saturated heterocycles. The molecule has 2 fully saturated rings. The number of carbonyl (C=O) groups is 3. The van der Waals surface area contributed by atoms with Crippen LogP contribution in [0.2, 0.25) is 0 Å². The fraction of sp³-hybridized carbons (Fsp3) is 0.550. The van der Waals surface area contributed by atoms with Crippen molar-refractivity contribution in [3.8, 4) is 5.75 Å². The number of urea groups is 1. The zero-order valence-corrected chi connectivity index (χ0v) is 16.0. The third-order valence-corrected chi connectivity index (χ3v) is 5.46. The van der Waals surface area contributed by atoms with Crippen LogP contribution in [0.3, 0.4) is 0 Å². The molecule has 0 aromatic heterocycles. The van der Waals surface area contributed by atoms with Gasteiger partial charge in [0.2, 0.25) is 5.91 Å². The van der Waals surface area contributed by atoms with Crippen molar-refractivity contribution in [1.82, 2.24) is 15.1 Å². The smallest absolute Gasteiger partial charge is 0.325 e. The van der Waals surface area contributed by atoms with Gasteiger partial charge in [-0.1, -0.05) is 25.0 Å². The zero-order chi connectivity index (χ0) is 19.4. The molecule has 7 heteroatoms. The average Bonchev–Trinajstić information content (AvgIpc) is 3.22. The first-order valence-corrected chi connectivity index (χ1v) is 9.46. The van der Waals surface area contributed by atoms with E-state index < -0.39 is 5.54 Å². The molecular weight excluding hydrogens is 346 g/mol. The van der Waals surface area contributed by atoms with Crippen LogP contribution in [-0.2, 0) is 16.1 Å². The van der Waals surface area contributed by atoms with Crippen molar-refractivity contribution in [2.24, 2.45) is 0 Å². The Kier molecular flexibility index (Phi) is 5.68. The number of hydrogen-bond acceptors (Lipinski definition) is 4. The van der Waals surface area contributed by atoms with E-state index in [-0.39, 0.29) is 24.4 Å². The van der Waals surface area contributed by atoms with Crippen LogP contribution in [0.15, 0.2) is 24.3 Å². The summed E-state index contributed by atoms with van der Waals surface area (Å²) in [6.07, 6.45) is 4.13. The molecule has 1 saturated carbocycles. The topological polar surface area (TPSA) is 79.0 Å².